The van der Waals surface area contributed by atoms with Crippen molar-refractivity contribution in [2.45, 2.75) is 71.0 Å². The van der Waals surface area contributed by atoms with Gasteiger partial charge in [0.2, 0.25) is 17.8 Å². The number of rotatable bonds is 13. The quantitative estimate of drug-likeness (QED) is 0.187. The van der Waals surface area contributed by atoms with Crippen LogP contribution in [0.5, 0.6) is 0 Å². The van der Waals surface area contributed by atoms with Gasteiger partial charge in [0.05, 0.1) is 12.4 Å². The average Bonchev–Trinajstić information content (AvgIpc) is 3.56. The molecule has 14 heteroatoms. The van der Waals surface area contributed by atoms with E-state index in [0.29, 0.717) is 25.8 Å². The molecule has 0 spiro atoms. The molecule has 0 saturated carbocycles. The molecule has 4 rings (SSSR count). The summed E-state index contributed by atoms with van der Waals surface area (Å²) in [5.41, 5.74) is 0.681. The number of H-pyrrole nitrogens is 1. The molecular formula is C28H37N7O7. The summed E-state index contributed by atoms with van der Waals surface area (Å²) in [5, 5.41) is 18.6. The lowest BCUT2D eigenvalue weighted by Crippen LogP contribution is -2.37. The van der Waals surface area contributed by atoms with Crippen molar-refractivity contribution in [3.8, 4) is 0 Å². The summed E-state index contributed by atoms with van der Waals surface area (Å²) in [6, 6.07) is 9.42. The number of aliphatic hydroxyl groups excluding tert-OH is 1. The van der Waals surface area contributed by atoms with Gasteiger partial charge in [0, 0.05) is 31.8 Å². The Kier molecular flexibility index (Phi) is 10.6. The molecule has 0 radical (unpaired) electrons. The van der Waals surface area contributed by atoms with E-state index in [-0.39, 0.29) is 54.4 Å². The smallest absolute Gasteiger partial charge is 0.407 e. The van der Waals surface area contributed by atoms with Crippen molar-refractivity contribution in [3.63, 3.8) is 0 Å². The number of unbranched alkanes of at least 4 members (excludes halogenated alkanes) is 2. The van der Waals surface area contributed by atoms with Crippen LogP contribution in [0.1, 0.15) is 57.7 Å². The zero-order valence-electron chi connectivity index (χ0n) is 23.7. The maximum absolute atomic E-state index is 12.5. The van der Waals surface area contributed by atoms with E-state index in [4.69, 9.17) is 9.47 Å². The fraction of sp³-hybridized carbons (Fsp3) is 0.500. The monoisotopic (exact) mass is 583 g/mol. The molecule has 3 atom stereocenters. The van der Waals surface area contributed by atoms with E-state index in [0.717, 1.165) is 12.0 Å². The number of amides is 3. The normalized spacial score (nSPS) is 18.2. The number of carbonyl (C=O) groups excluding carboxylic acids is 3. The van der Waals surface area contributed by atoms with Crippen LogP contribution < -0.4 is 21.5 Å². The number of aromatic amines is 1. The highest BCUT2D eigenvalue weighted by Crippen LogP contribution is 2.30. The standard InChI is InChI=1S/C28H37N7O7/c1-17(2)25(38)33-27-32-24-23(26(39)34-27)31-16-35(24)22-13-19(36)20(42-22)14-30-21(37)11-7-4-8-12-29-28(40)41-15-18-9-5-3-6-10-18/h3,5-6,9-10,16-17,19-20,22,36H,4,7-8,11-15H2,1-2H3,(H,29,40)(H,30,37)(H2,32,33,34,38,39)/t19-,20+,22+/m0/s1. The van der Waals surface area contributed by atoms with Crippen LogP contribution in [0, 0.1) is 5.92 Å². The van der Waals surface area contributed by atoms with E-state index in [9.17, 15) is 24.3 Å². The molecule has 1 saturated heterocycles. The van der Waals surface area contributed by atoms with Crippen LogP contribution in [0.4, 0.5) is 10.7 Å². The first-order chi connectivity index (χ1) is 20.2. The van der Waals surface area contributed by atoms with Crippen molar-refractivity contribution in [1.82, 2.24) is 30.2 Å². The number of aromatic nitrogens is 4. The molecule has 0 aliphatic carbocycles. The topological polar surface area (TPSA) is 190 Å². The van der Waals surface area contributed by atoms with E-state index < -0.39 is 30.1 Å². The number of alkyl carbamates (subject to hydrolysis) is 1. The summed E-state index contributed by atoms with van der Waals surface area (Å²) in [5.74, 6) is -0.786. The fourth-order valence-corrected chi connectivity index (χ4v) is 4.38. The number of hydrogen-bond acceptors (Lipinski definition) is 9. The fourth-order valence-electron chi connectivity index (χ4n) is 4.38. The predicted octanol–water partition coefficient (Wildman–Crippen LogP) is 1.97. The Morgan fingerprint density at radius 1 is 1.17 bits per heavy atom. The predicted molar refractivity (Wildman–Crippen MR) is 152 cm³/mol. The number of ether oxygens (including phenoxy) is 2. The zero-order chi connectivity index (χ0) is 30.1. The molecule has 2 aromatic heterocycles. The molecule has 226 valence electrons. The molecule has 5 N–H and O–H groups in total. The highest BCUT2D eigenvalue weighted by molar-refractivity contribution is 5.91. The minimum Gasteiger partial charge on any atom is -0.445 e. The molecule has 42 heavy (non-hydrogen) atoms. The van der Waals surface area contributed by atoms with Crippen molar-refractivity contribution in [1.29, 1.82) is 0 Å². The number of imidazole rings is 1. The molecule has 3 amide bonds. The van der Waals surface area contributed by atoms with Gasteiger partial charge in [-0.1, -0.05) is 50.6 Å². The van der Waals surface area contributed by atoms with Gasteiger partial charge < -0.3 is 25.2 Å². The van der Waals surface area contributed by atoms with E-state index in [1.165, 1.54) is 10.9 Å². The lowest BCUT2D eigenvalue weighted by Gasteiger charge is -2.16. The molecule has 0 unspecified atom stereocenters. The number of nitrogens with one attached hydrogen (secondary N) is 4. The molecular weight excluding hydrogens is 546 g/mol. The minimum atomic E-state index is -0.859. The van der Waals surface area contributed by atoms with Crippen molar-refractivity contribution in [3.05, 3.63) is 52.6 Å². The Morgan fingerprint density at radius 3 is 2.71 bits per heavy atom. The lowest BCUT2D eigenvalue weighted by molar-refractivity contribution is -0.122. The van der Waals surface area contributed by atoms with Gasteiger partial charge in [-0.3, -0.25) is 29.3 Å². The number of benzene rings is 1. The molecule has 1 aliphatic heterocycles. The van der Waals surface area contributed by atoms with Crippen LogP contribution in [0.15, 0.2) is 41.5 Å². The SMILES string of the molecule is CC(C)C(=O)Nc1nc2c(ncn2[C@H]2C[C@H](O)[C@@H](CNC(=O)CCCCCNC(=O)OCc3ccccc3)O2)c(=O)[nH]1. The molecule has 3 heterocycles. The highest BCUT2D eigenvalue weighted by atomic mass is 16.5. The first-order valence-corrected chi connectivity index (χ1v) is 14.0. The number of fused-ring (bicyclic) bond motifs is 1. The van der Waals surface area contributed by atoms with Gasteiger partial charge >= 0.3 is 6.09 Å². The van der Waals surface area contributed by atoms with Gasteiger partial charge in [-0.15, -0.1) is 0 Å². The Morgan fingerprint density at radius 2 is 1.95 bits per heavy atom. The maximum atomic E-state index is 12.5. The number of anilines is 1. The minimum absolute atomic E-state index is 0.00548. The lowest BCUT2D eigenvalue weighted by atomic mass is 10.1. The van der Waals surface area contributed by atoms with Crippen molar-refractivity contribution in [2.75, 3.05) is 18.4 Å². The van der Waals surface area contributed by atoms with E-state index >= 15 is 0 Å². The zero-order valence-corrected chi connectivity index (χ0v) is 23.7. The van der Waals surface area contributed by atoms with Gasteiger partial charge in [0.1, 0.15) is 18.9 Å². The third-order valence-corrected chi connectivity index (χ3v) is 6.78. The Balaban J connectivity index is 1.16. The van der Waals surface area contributed by atoms with Gasteiger partial charge in [-0.25, -0.2) is 9.78 Å². The molecule has 3 aromatic rings. The number of carbonyl (C=O) groups is 3. The second kappa shape index (κ2) is 14.5. The largest absolute Gasteiger partial charge is 0.445 e. The van der Waals surface area contributed by atoms with Crippen LogP contribution in [0.3, 0.4) is 0 Å². The Bertz CT molecular complexity index is 1420. The molecule has 1 fully saturated rings. The number of nitrogens with zero attached hydrogens (tertiary/aromatic N) is 3. The highest BCUT2D eigenvalue weighted by Gasteiger charge is 2.36. The number of aliphatic hydroxyl groups is 1. The van der Waals surface area contributed by atoms with Crippen molar-refractivity contribution >= 4 is 35.0 Å². The van der Waals surface area contributed by atoms with Gasteiger partial charge in [-0.2, -0.15) is 4.98 Å². The molecule has 14 nitrogen and oxygen atoms in total. The summed E-state index contributed by atoms with van der Waals surface area (Å²) in [7, 11) is 0. The first-order valence-electron chi connectivity index (χ1n) is 14.0. The van der Waals surface area contributed by atoms with E-state index in [1.54, 1.807) is 13.8 Å². The van der Waals surface area contributed by atoms with Crippen LogP contribution in [0.25, 0.3) is 11.2 Å². The summed E-state index contributed by atoms with van der Waals surface area (Å²) < 4.78 is 12.7. The van der Waals surface area contributed by atoms with Crippen LogP contribution in [0.2, 0.25) is 0 Å². The Hall–Kier alpha value is -4.30. The molecule has 0 bridgehead atoms. The second-order valence-electron chi connectivity index (χ2n) is 10.4. The molecule has 1 aromatic carbocycles. The second-order valence-corrected chi connectivity index (χ2v) is 10.4. The third kappa shape index (κ3) is 8.36. The van der Waals surface area contributed by atoms with Crippen LogP contribution in [-0.4, -0.2) is 67.8 Å². The van der Waals surface area contributed by atoms with Gasteiger partial charge in [0.25, 0.3) is 5.56 Å². The van der Waals surface area contributed by atoms with Crippen molar-refractivity contribution in [2.24, 2.45) is 5.92 Å². The van der Waals surface area contributed by atoms with Gasteiger partial charge in [0.15, 0.2) is 11.2 Å². The third-order valence-electron chi connectivity index (χ3n) is 6.78. The van der Waals surface area contributed by atoms with Crippen LogP contribution in [-0.2, 0) is 25.7 Å². The van der Waals surface area contributed by atoms with E-state index in [1.807, 2.05) is 30.3 Å². The van der Waals surface area contributed by atoms with Crippen molar-refractivity contribution < 1.29 is 29.0 Å². The first kappa shape index (κ1) is 30.7. The summed E-state index contributed by atoms with van der Waals surface area (Å²) in [4.78, 5) is 59.5. The summed E-state index contributed by atoms with van der Waals surface area (Å²) in [6.45, 7) is 4.21. The van der Waals surface area contributed by atoms with Crippen LogP contribution >= 0.6 is 0 Å². The molecule has 1 aliphatic rings. The summed E-state index contributed by atoms with van der Waals surface area (Å²) >= 11 is 0. The Labute approximate surface area is 242 Å². The van der Waals surface area contributed by atoms with Gasteiger partial charge in [-0.05, 0) is 18.4 Å². The maximum Gasteiger partial charge on any atom is 0.407 e. The average molecular weight is 584 g/mol. The van der Waals surface area contributed by atoms with E-state index in [2.05, 4.69) is 30.9 Å². The summed E-state index contributed by atoms with van der Waals surface area (Å²) in [6.07, 6.45) is 1.33. The number of hydrogen-bond donors (Lipinski definition) is 5.